The Morgan fingerprint density at radius 2 is 2.09 bits per heavy atom. The molecular weight excluding hydrogens is 326 g/mol. The third-order valence-corrected chi connectivity index (χ3v) is 6.03. The zero-order valence-electron chi connectivity index (χ0n) is 13.4. The molecule has 0 unspecified atom stereocenters. The van der Waals surface area contributed by atoms with Crippen LogP contribution in [-0.2, 0) is 13.5 Å². The molecule has 1 N–H and O–H groups in total. The Hall–Kier alpha value is -1.92. The molecule has 3 aromatic rings. The van der Waals surface area contributed by atoms with Gasteiger partial charge in [-0.25, -0.2) is 0 Å². The van der Waals surface area contributed by atoms with Crippen LogP contribution in [0.15, 0.2) is 29.6 Å². The highest BCUT2D eigenvalue weighted by Gasteiger charge is 2.16. The van der Waals surface area contributed by atoms with Gasteiger partial charge in [-0.3, -0.25) is 9.48 Å². The van der Waals surface area contributed by atoms with E-state index in [4.69, 9.17) is 0 Å². The molecular formula is C17H19N3OS2. The summed E-state index contributed by atoms with van der Waals surface area (Å²) in [7, 11) is 1.86. The molecule has 0 radical (unpaired) electrons. The monoisotopic (exact) mass is 345 g/mol. The van der Waals surface area contributed by atoms with Gasteiger partial charge in [0.15, 0.2) is 0 Å². The predicted octanol–water partition coefficient (Wildman–Crippen LogP) is 3.80. The molecule has 0 atom stereocenters. The molecule has 0 bridgehead atoms. The van der Waals surface area contributed by atoms with Crippen molar-refractivity contribution < 1.29 is 4.79 Å². The van der Waals surface area contributed by atoms with E-state index in [0.717, 1.165) is 17.8 Å². The summed E-state index contributed by atoms with van der Waals surface area (Å²) in [6.45, 7) is 4.42. The Morgan fingerprint density at radius 3 is 2.74 bits per heavy atom. The molecule has 3 rings (SSSR count). The summed E-state index contributed by atoms with van der Waals surface area (Å²) in [5.41, 5.74) is 2.37. The van der Waals surface area contributed by atoms with Crippen LogP contribution >= 0.6 is 22.7 Å². The van der Waals surface area contributed by atoms with Crippen molar-refractivity contribution in [1.29, 1.82) is 0 Å². The van der Waals surface area contributed by atoms with Gasteiger partial charge in [0, 0.05) is 33.9 Å². The Labute approximate surface area is 143 Å². The molecule has 0 fully saturated rings. The minimum Gasteiger partial charge on any atom is -0.352 e. The lowest BCUT2D eigenvalue weighted by atomic mass is 10.2. The smallest absolute Gasteiger partial charge is 0.255 e. The predicted molar refractivity (Wildman–Crippen MR) is 96.4 cm³/mol. The van der Waals surface area contributed by atoms with Crippen LogP contribution in [0.4, 0.5) is 0 Å². The van der Waals surface area contributed by atoms with Gasteiger partial charge in [-0.05, 0) is 43.8 Å². The molecule has 0 aliphatic carbocycles. The van der Waals surface area contributed by atoms with Crippen LogP contribution in [0.3, 0.4) is 0 Å². The summed E-state index contributed by atoms with van der Waals surface area (Å²) in [4.78, 5) is 16.2. The molecule has 0 saturated heterocycles. The molecule has 4 nitrogen and oxygen atoms in total. The molecule has 6 heteroatoms. The van der Waals surface area contributed by atoms with Gasteiger partial charge in [-0.15, -0.1) is 22.7 Å². The van der Waals surface area contributed by atoms with E-state index in [1.807, 2.05) is 20.9 Å². The van der Waals surface area contributed by atoms with Crippen molar-refractivity contribution in [1.82, 2.24) is 15.1 Å². The van der Waals surface area contributed by atoms with Crippen LogP contribution in [0.25, 0.3) is 9.75 Å². The van der Waals surface area contributed by atoms with Crippen molar-refractivity contribution in [2.45, 2.75) is 20.3 Å². The molecule has 23 heavy (non-hydrogen) atoms. The first kappa shape index (κ1) is 16.0. The van der Waals surface area contributed by atoms with Crippen molar-refractivity contribution >= 4 is 28.6 Å². The van der Waals surface area contributed by atoms with Gasteiger partial charge in [-0.2, -0.15) is 5.10 Å². The van der Waals surface area contributed by atoms with E-state index < -0.39 is 0 Å². The normalized spacial score (nSPS) is 10.9. The minimum atomic E-state index is -0.0388. The SMILES string of the molecule is Cc1nn(C)c(C)c1C(=O)NCCc1ccc(-c2cccs2)s1. The summed E-state index contributed by atoms with van der Waals surface area (Å²) >= 11 is 3.54. The highest BCUT2D eigenvalue weighted by molar-refractivity contribution is 7.21. The minimum absolute atomic E-state index is 0.0388. The lowest BCUT2D eigenvalue weighted by Gasteiger charge is -2.04. The maximum absolute atomic E-state index is 12.3. The van der Waals surface area contributed by atoms with Crippen LogP contribution in [-0.4, -0.2) is 22.2 Å². The Kier molecular flexibility index (Phi) is 4.63. The standard InChI is InChI=1S/C17H19N3OS2/c1-11-16(12(2)20(3)19-11)17(21)18-9-8-13-6-7-15(23-13)14-5-4-10-22-14/h4-7,10H,8-9H2,1-3H3,(H,18,21). The Morgan fingerprint density at radius 1 is 1.26 bits per heavy atom. The maximum Gasteiger partial charge on any atom is 0.255 e. The van der Waals surface area contributed by atoms with E-state index in [1.165, 1.54) is 14.6 Å². The number of nitrogens with zero attached hydrogens (tertiary/aromatic N) is 2. The highest BCUT2D eigenvalue weighted by atomic mass is 32.1. The van der Waals surface area contributed by atoms with Gasteiger partial charge in [0.2, 0.25) is 0 Å². The Bertz CT molecular complexity index is 815. The fourth-order valence-corrected chi connectivity index (χ4v) is 4.40. The van der Waals surface area contributed by atoms with Crippen molar-refractivity contribution in [3.8, 4) is 9.75 Å². The van der Waals surface area contributed by atoms with Gasteiger partial charge in [0.1, 0.15) is 0 Å². The van der Waals surface area contributed by atoms with Crippen LogP contribution in [0, 0.1) is 13.8 Å². The fourth-order valence-electron chi connectivity index (χ4n) is 2.55. The molecule has 3 heterocycles. The first-order valence-electron chi connectivity index (χ1n) is 7.47. The van der Waals surface area contributed by atoms with E-state index in [0.29, 0.717) is 12.1 Å². The molecule has 0 aliphatic heterocycles. The number of carbonyl (C=O) groups excluding carboxylic acids is 1. The quantitative estimate of drug-likeness (QED) is 0.764. The van der Waals surface area contributed by atoms with Crippen molar-refractivity contribution in [2.75, 3.05) is 6.54 Å². The number of nitrogens with one attached hydrogen (secondary N) is 1. The first-order valence-corrected chi connectivity index (χ1v) is 9.17. The van der Waals surface area contributed by atoms with Gasteiger partial charge >= 0.3 is 0 Å². The molecule has 0 saturated carbocycles. The lowest BCUT2D eigenvalue weighted by Crippen LogP contribution is -2.26. The summed E-state index contributed by atoms with van der Waals surface area (Å²) in [6.07, 6.45) is 0.847. The molecule has 0 spiro atoms. The molecule has 1 amide bonds. The van der Waals surface area contributed by atoms with Crippen LogP contribution in [0.1, 0.15) is 26.6 Å². The number of aromatic nitrogens is 2. The van der Waals surface area contributed by atoms with Crippen molar-refractivity contribution in [2.24, 2.45) is 7.05 Å². The number of hydrogen-bond acceptors (Lipinski definition) is 4. The average molecular weight is 345 g/mol. The van der Waals surface area contributed by atoms with E-state index in [9.17, 15) is 4.79 Å². The second-order valence-corrected chi connectivity index (χ2v) is 7.53. The summed E-state index contributed by atoms with van der Waals surface area (Å²) < 4.78 is 1.75. The van der Waals surface area contributed by atoms with Crippen LogP contribution in [0.5, 0.6) is 0 Å². The number of amides is 1. The van der Waals surface area contributed by atoms with Gasteiger partial charge in [-0.1, -0.05) is 6.07 Å². The number of rotatable bonds is 5. The number of aryl methyl sites for hydroxylation is 2. The number of hydrogen-bond donors (Lipinski definition) is 1. The largest absolute Gasteiger partial charge is 0.352 e. The van der Waals surface area contributed by atoms with Crippen LogP contribution in [0.2, 0.25) is 0 Å². The molecule has 3 aromatic heterocycles. The van der Waals surface area contributed by atoms with Gasteiger partial charge in [0.25, 0.3) is 5.91 Å². The second kappa shape index (κ2) is 6.68. The van der Waals surface area contributed by atoms with E-state index >= 15 is 0 Å². The number of carbonyl (C=O) groups is 1. The first-order chi connectivity index (χ1) is 11.1. The highest BCUT2D eigenvalue weighted by Crippen LogP contribution is 2.31. The van der Waals surface area contributed by atoms with E-state index in [-0.39, 0.29) is 5.91 Å². The molecule has 120 valence electrons. The average Bonchev–Trinajstić information content (AvgIpc) is 3.21. The maximum atomic E-state index is 12.3. The van der Waals surface area contributed by atoms with Gasteiger partial charge in [0.05, 0.1) is 11.3 Å². The third-order valence-electron chi connectivity index (χ3n) is 3.82. The van der Waals surface area contributed by atoms with Crippen molar-refractivity contribution in [3.05, 3.63) is 51.5 Å². The topological polar surface area (TPSA) is 46.9 Å². The van der Waals surface area contributed by atoms with E-state index in [2.05, 4.69) is 40.1 Å². The molecule has 0 aliphatic rings. The summed E-state index contributed by atoms with van der Waals surface area (Å²) in [6, 6.07) is 8.50. The lowest BCUT2D eigenvalue weighted by molar-refractivity contribution is 0.0953. The molecule has 0 aromatic carbocycles. The van der Waals surface area contributed by atoms with Crippen molar-refractivity contribution in [3.63, 3.8) is 0 Å². The fraction of sp³-hybridized carbons (Fsp3) is 0.294. The van der Waals surface area contributed by atoms with E-state index in [1.54, 1.807) is 27.4 Å². The zero-order valence-corrected chi connectivity index (χ0v) is 15.1. The second-order valence-electron chi connectivity index (χ2n) is 5.42. The number of thiophene rings is 2. The zero-order chi connectivity index (χ0) is 16.4. The van der Waals surface area contributed by atoms with Crippen LogP contribution < -0.4 is 5.32 Å². The summed E-state index contributed by atoms with van der Waals surface area (Å²) in [5.74, 6) is -0.0388. The third kappa shape index (κ3) is 3.38. The Balaban J connectivity index is 1.58. The van der Waals surface area contributed by atoms with Gasteiger partial charge < -0.3 is 5.32 Å². The summed E-state index contributed by atoms with van der Waals surface area (Å²) in [5, 5.41) is 9.38.